The number of rotatable bonds is 14. The molecular weight excluding hydrogens is 1860 g/mol. The monoisotopic (exact) mass is 1940 g/mol. The number of fused-ring (bicyclic) bond motifs is 5. The largest absolute Gasteiger partial charge is 0.477 e. The highest BCUT2D eigenvalue weighted by Gasteiger charge is 2.26. The molecule has 32 heteroatoms. The highest BCUT2D eigenvalue weighted by Crippen LogP contribution is 2.33. The number of pyridine rings is 5. The van der Waals surface area contributed by atoms with Crippen LogP contribution in [-0.4, -0.2) is 106 Å². The van der Waals surface area contributed by atoms with Crippen molar-refractivity contribution in [1.29, 1.82) is 0 Å². The molecule has 25 nitrogen and oxygen atoms in total. The molecule has 0 atom stereocenters. The predicted octanol–water partition coefficient (Wildman–Crippen LogP) is 17.9. The van der Waals surface area contributed by atoms with Gasteiger partial charge in [-0.25, -0.2) is 19.2 Å². The van der Waals surface area contributed by atoms with Gasteiger partial charge in [0, 0.05) is 96.3 Å². The van der Waals surface area contributed by atoms with Gasteiger partial charge in [0.1, 0.15) is 11.1 Å². The number of nitrogens with zero attached hydrogens (tertiary/aromatic N) is 3. The molecule has 0 fully saturated rings. The van der Waals surface area contributed by atoms with Crippen molar-refractivity contribution in [2.45, 2.75) is 69.2 Å². The zero-order chi connectivity index (χ0) is 84.0. The van der Waals surface area contributed by atoms with Crippen LogP contribution in [0.4, 0.5) is 22.7 Å². The topological polar surface area (TPSA) is 412 Å². The number of aromatic nitrogens is 5. The Balaban J connectivity index is 0.000000207. The Bertz CT molecular complexity index is 5680. The molecule has 5 heterocycles. The lowest BCUT2D eigenvalue weighted by Crippen LogP contribution is -2.22. The van der Waals surface area contributed by atoms with E-state index in [9.17, 15) is 43.2 Å². The Morgan fingerprint density at radius 2 is 0.850 bits per heavy atom. The minimum atomic E-state index is -1.21. The van der Waals surface area contributed by atoms with E-state index in [0.717, 1.165) is 87.9 Å². The molecule has 0 aliphatic carbocycles. The molecule has 590 valence electrons. The van der Waals surface area contributed by atoms with Crippen molar-refractivity contribution < 1.29 is 52.9 Å². The number of amides is 3. The van der Waals surface area contributed by atoms with Crippen LogP contribution in [0.25, 0.3) is 54.5 Å². The van der Waals surface area contributed by atoms with Crippen molar-refractivity contribution in [3.8, 4) is 0 Å². The lowest BCUT2D eigenvalue weighted by molar-refractivity contribution is -0.146. The molecule has 5 aromatic heterocycles. The number of hydrogen-bond donors (Lipinski definition) is 10. The molecule has 12 aromatic rings. The van der Waals surface area contributed by atoms with Crippen LogP contribution in [0.15, 0.2) is 187 Å². The summed E-state index contributed by atoms with van der Waals surface area (Å²) < 4.78 is 20.2. The third-order valence-electron chi connectivity index (χ3n) is 16.1. The quantitative estimate of drug-likeness (QED) is 0.0121. The SMILES string of the molecule is CCOC(=O)C(C(=O)OCC)=C(C)Nc1cccc(Br)c1.CCOC(=O)c1c(C)[nH]c2cc(Br)ccc2c1=O.CNc1c(C(N)=O)c(C)nc2cc(Br)ccc12.CNc1c(C(N)=O)c(C)nc2cc(C)ccc12.Cc1[nH]c2cc(Br)ccc2c(=O)c1C(=O)O.Cc1nc2cc(Br)ccc2c(Cl)c1C(N)=O.Nc1cccc(Br)c1. The molecule has 113 heavy (non-hydrogen) atoms. The Morgan fingerprint density at radius 1 is 0.469 bits per heavy atom. The smallest absolute Gasteiger partial charge is 0.347 e. The van der Waals surface area contributed by atoms with Gasteiger partial charge in [-0.15, -0.1) is 0 Å². The van der Waals surface area contributed by atoms with E-state index in [-0.39, 0.29) is 47.5 Å². The van der Waals surface area contributed by atoms with E-state index < -0.39 is 47.0 Å². The fourth-order valence-electron chi connectivity index (χ4n) is 11.2. The van der Waals surface area contributed by atoms with Crippen molar-refractivity contribution >= 4 is 226 Å². The van der Waals surface area contributed by atoms with E-state index in [1.807, 2.05) is 104 Å². The van der Waals surface area contributed by atoms with E-state index in [0.29, 0.717) is 72.1 Å². The van der Waals surface area contributed by atoms with Crippen LogP contribution in [0.2, 0.25) is 5.02 Å². The summed E-state index contributed by atoms with van der Waals surface area (Å²) in [6, 6.07) is 42.4. The maximum Gasteiger partial charge on any atom is 0.347 e. The summed E-state index contributed by atoms with van der Waals surface area (Å²) >= 11 is 26.2. The van der Waals surface area contributed by atoms with E-state index in [4.69, 9.17) is 53.9 Å². The first kappa shape index (κ1) is 91.5. The molecule has 0 spiro atoms. The number of nitrogens with two attached hydrogens (primary N) is 4. The minimum Gasteiger partial charge on any atom is -0.477 e. The zero-order valence-electron chi connectivity index (χ0n) is 63.0. The van der Waals surface area contributed by atoms with Crippen LogP contribution in [-0.2, 0) is 23.8 Å². The lowest BCUT2D eigenvalue weighted by atomic mass is 10.0. The summed E-state index contributed by atoms with van der Waals surface area (Å²) in [6.07, 6.45) is 0. The number of carboxylic acids is 1. The van der Waals surface area contributed by atoms with E-state index >= 15 is 0 Å². The van der Waals surface area contributed by atoms with Crippen LogP contribution in [0, 0.1) is 41.5 Å². The number of hydrogen-bond acceptors (Lipinski definition) is 19. The number of carbonyl (C=O) groups is 7. The summed E-state index contributed by atoms with van der Waals surface area (Å²) in [7, 11) is 3.54. The Morgan fingerprint density at radius 3 is 1.27 bits per heavy atom. The van der Waals surface area contributed by atoms with Gasteiger partial charge in [-0.2, -0.15) is 0 Å². The maximum atomic E-state index is 12.2. The van der Waals surface area contributed by atoms with Gasteiger partial charge >= 0.3 is 23.9 Å². The van der Waals surface area contributed by atoms with Crippen molar-refractivity contribution in [2.24, 2.45) is 17.2 Å². The van der Waals surface area contributed by atoms with Gasteiger partial charge in [0.05, 0.1) is 97.6 Å². The van der Waals surface area contributed by atoms with Gasteiger partial charge in [0.25, 0.3) is 17.7 Å². The molecule has 0 aliphatic heterocycles. The van der Waals surface area contributed by atoms with Crippen LogP contribution in [0.1, 0.15) is 114 Å². The van der Waals surface area contributed by atoms with E-state index in [1.165, 1.54) is 0 Å². The number of nitrogens with one attached hydrogen (secondary N) is 5. The van der Waals surface area contributed by atoms with E-state index in [1.54, 1.807) is 119 Å². The number of primary amides is 3. The summed E-state index contributed by atoms with van der Waals surface area (Å²) in [6.45, 7) is 17.9. The molecule has 0 radical (unpaired) electrons. The number of anilines is 4. The normalized spacial score (nSPS) is 10.3. The minimum absolute atomic E-state index is 0.0756. The van der Waals surface area contributed by atoms with Crippen molar-refractivity contribution in [2.75, 3.05) is 55.6 Å². The van der Waals surface area contributed by atoms with Crippen LogP contribution in [0.3, 0.4) is 0 Å². The summed E-state index contributed by atoms with van der Waals surface area (Å²) in [5, 5.41) is 21.8. The first-order valence-corrected chi connectivity index (χ1v) is 39.2. The fraction of sp³-hybridized carbons (Fsp3) is 0.185. The molecule has 0 saturated carbocycles. The average molecular weight is 1940 g/mol. The van der Waals surface area contributed by atoms with Crippen molar-refractivity contribution in [3.05, 3.63) is 265 Å². The lowest BCUT2D eigenvalue weighted by Gasteiger charge is -2.12. The highest BCUT2D eigenvalue weighted by atomic mass is 79.9. The van der Waals surface area contributed by atoms with Crippen LogP contribution in [0.5, 0.6) is 0 Å². The standard InChI is InChI=1S/C15H18BrNO4.C13H12BrNO3.C13H15N3O.C12H12BrN3O.C11H8BrClN2O.C11H8BrNO3.C6H6BrN/c1-4-20-14(18)13(15(19)21-5-2)10(3)17-12-8-6-7-11(16)9-12;1-3-18-13(17)11-7(2)15-10-6-8(14)4-5-9(10)12(11)16;1-7-4-5-9-10(6-7)16-8(2)11(13(14)17)12(9)15-3;1-6-10(12(14)17)11(15-2)8-4-3-7(13)5-9(8)16-6;1-5-9(11(14)16)10(13)7-3-2-6(12)4-8(7)15-5;1-5-9(11(15)16)10(14)7-3-2-6(12)4-8(7)13-5;7-5-2-1-3-6(8)4-5/h6-9,17H,4-5H2,1-3H3;4-6H,3H2,1-2H3,(H,15,16);4-6H,1-3H3,(H2,14,17)(H,15,16);3-5H,1-2H3,(H2,14,17)(H,15,16);2-4H,1H3,(H2,14,16);2-4H,1H3,(H,13,14)(H,15,16);1-4H,8H2. The molecule has 0 aliphatic rings. The number of carbonyl (C=O) groups excluding carboxylic acids is 6. The Kier molecular flexibility index (Phi) is 34.4. The molecule has 0 bridgehead atoms. The number of carboxylic acid groups (broad SMARTS) is 1. The molecule has 7 aromatic carbocycles. The second-order valence-electron chi connectivity index (χ2n) is 24.2. The Labute approximate surface area is 704 Å². The molecular formula is C81H79Br6ClN12O13. The number of aryl methyl sites for hydroxylation is 6. The third kappa shape index (κ3) is 24.3. The third-order valence-corrected chi connectivity index (χ3v) is 19.4. The summed E-state index contributed by atoms with van der Waals surface area (Å²) in [5.41, 5.74) is 32.7. The van der Waals surface area contributed by atoms with Gasteiger partial charge in [-0.3, -0.25) is 38.9 Å². The molecule has 0 saturated heterocycles. The zero-order valence-corrected chi connectivity index (χ0v) is 73.3. The summed E-state index contributed by atoms with van der Waals surface area (Å²) in [4.78, 5) is 124. The number of halogens is 7. The number of H-pyrrole nitrogens is 2. The molecule has 12 rings (SSSR count). The predicted molar refractivity (Wildman–Crippen MR) is 468 cm³/mol. The summed E-state index contributed by atoms with van der Waals surface area (Å²) in [5.74, 6) is -4.66. The number of nitrogen functional groups attached to an aromatic ring is 1. The number of allylic oxidation sites excluding steroid dienone is 1. The van der Waals surface area contributed by atoms with Gasteiger partial charge in [-0.1, -0.05) is 138 Å². The Hall–Kier alpha value is -10.4. The number of esters is 3. The van der Waals surface area contributed by atoms with Crippen molar-refractivity contribution in [1.82, 2.24) is 24.9 Å². The second-order valence-corrected chi connectivity index (χ2v) is 30.0. The van der Waals surface area contributed by atoms with Gasteiger partial charge in [0.2, 0.25) is 10.9 Å². The molecule has 3 amide bonds. The van der Waals surface area contributed by atoms with Crippen LogP contribution >= 0.6 is 107 Å². The number of aromatic carboxylic acids is 1. The number of benzene rings is 7. The molecule has 14 N–H and O–H groups in total. The van der Waals surface area contributed by atoms with Gasteiger partial charge in [0.15, 0.2) is 5.57 Å². The first-order chi connectivity index (χ1) is 53.4. The average Bonchev–Trinajstić information content (AvgIpc) is 0.727. The second kappa shape index (κ2) is 42.5. The van der Waals surface area contributed by atoms with Gasteiger partial charge in [-0.05, 0) is 184 Å². The first-order valence-electron chi connectivity index (χ1n) is 34.1. The van der Waals surface area contributed by atoms with Crippen molar-refractivity contribution in [3.63, 3.8) is 0 Å². The fourth-order valence-corrected chi connectivity index (χ4v) is 13.8. The van der Waals surface area contributed by atoms with Crippen LogP contribution < -0.4 is 49.7 Å². The highest BCUT2D eigenvalue weighted by molar-refractivity contribution is 9.11. The number of ether oxygens (including phenoxy) is 3. The van der Waals surface area contributed by atoms with E-state index in [2.05, 4.69) is 136 Å². The number of aromatic amines is 2. The van der Waals surface area contributed by atoms with Gasteiger partial charge < -0.3 is 68.2 Å². The molecule has 0 unspecified atom stereocenters. The maximum absolute atomic E-state index is 12.2.